The summed E-state index contributed by atoms with van der Waals surface area (Å²) >= 11 is 1.23. The number of alkyl halides is 3. The Balaban J connectivity index is 1.78. The number of carbonyl (C=O) groups is 1. The molecule has 39 heavy (non-hydrogen) atoms. The van der Waals surface area contributed by atoms with Crippen LogP contribution >= 0.6 is 11.3 Å². The third-order valence-electron chi connectivity index (χ3n) is 6.59. The van der Waals surface area contributed by atoms with Gasteiger partial charge in [-0.1, -0.05) is 50.8 Å². The molecule has 1 N–H and O–H groups in total. The lowest BCUT2D eigenvalue weighted by molar-refractivity contribution is -0.0884. The molecule has 0 aliphatic heterocycles. The normalized spacial score (nSPS) is 14.2. The topological polar surface area (TPSA) is 90.1 Å². The van der Waals surface area contributed by atoms with Crippen molar-refractivity contribution in [3.8, 4) is 10.4 Å². The summed E-state index contributed by atoms with van der Waals surface area (Å²) in [6.45, 7) is 11.1. The summed E-state index contributed by atoms with van der Waals surface area (Å²) in [6.07, 6.45) is -3.55. The average Bonchev–Trinajstić information content (AvgIpc) is 3.56. The van der Waals surface area contributed by atoms with Gasteiger partial charge in [0.2, 0.25) is 0 Å². The monoisotopic (exact) mass is 576 g/mol. The molecule has 0 aliphatic carbocycles. The molecule has 0 bridgehead atoms. The summed E-state index contributed by atoms with van der Waals surface area (Å²) in [5.41, 5.74) is -0.881. The molecule has 1 atom stereocenters. The number of hydrogen-bond donors (Lipinski definition) is 1. The smallest absolute Gasteiger partial charge is 0.377 e. The van der Waals surface area contributed by atoms with Gasteiger partial charge in [-0.15, -0.1) is 16.4 Å². The molecule has 0 saturated carbocycles. The Bertz CT molecular complexity index is 1470. The molecule has 1 unspecified atom stereocenters. The number of nitrogens with zero attached hydrogens (tertiary/aromatic N) is 4. The number of aliphatic hydroxyl groups is 1. The molecule has 0 amide bonds. The van der Waals surface area contributed by atoms with E-state index in [1.807, 2.05) is 13.8 Å². The highest BCUT2D eigenvalue weighted by Crippen LogP contribution is 2.40. The third-order valence-corrected chi connectivity index (χ3v) is 9.18. The fraction of sp³-hybridized carbons (Fsp3) is 0.407. The number of aromatic nitrogens is 4. The quantitative estimate of drug-likeness (QED) is 0.132. The number of Topliss-reactive ketones (excluding diaryl/α,β-unsaturated/α-hetero) is 1. The summed E-state index contributed by atoms with van der Waals surface area (Å²) in [4.78, 5) is 17.5. The summed E-state index contributed by atoms with van der Waals surface area (Å²) in [6, 6.07) is 10.1. The number of pyridine rings is 1. The SMILES string of the molecule is CC(C)C(O)(c1ccc2c(-c3cccs3)c(C(=O)C(F)(F)F)ccc2n1)c1cnnn1COCC[Si](C)(C)C. The van der Waals surface area contributed by atoms with Crippen molar-refractivity contribution in [2.24, 2.45) is 5.92 Å². The van der Waals surface area contributed by atoms with Crippen LogP contribution in [0.5, 0.6) is 0 Å². The van der Waals surface area contributed by atoms with E-state index in [0.29, 0.717) is 28.1 Å². The van der Waals surface area contributed by atoms with Crippen LogP contribution in [-0.4, -0.2) is 51.7 Å². The average molecular weight is 577 g/mol. The number of rotatable bonds is 10. The first kappa shape index (κ1) is 29.1. The largest absolute Gasteiger partial charge is 0.454 e. The minimum Gasteiger partial charge on any atom is -0.377 e. The standard InChI is InChI=1S/C27H31F3N4O3SSi/c1-17(2)26(36,23-15-31-33-34(23)16-37-12-14-39(3,4)5)22-11-9-18-20(32-22)10-8-19(25(35)27(28,29)30)24(18)21-7-6-13-38-21/h6-11,13,15,17,36H,12,14,16H2,1-5H3. The van der Waals surface area contributed by atoms with Gasteiger partial charge in [-0.2, -0.15) is 13.2 Å². The van der Waals surface area contributed by atoms with E-state index in [1.54, 1.807) is 29.6 Å². The molecule has 4 rings (SSSR count). The van der Waals surface area contributed by atoms with Gasteiger partial charge in [0, 0.05) is 36.1 Å². The molecule has 3 aromatic heterocycles. The summed E-state index contributed by atoms with van der Waals surface area (Å²) in [5.74, 6) is -2.29. The van der Waals surface area contributed by atoms with E-state index in [1.165, 1.54) is 28.3 Å². The second-order valence-corrected chi connectivity index (χ2v) is 17.5. The Morgan fingerprint density at radius 3 is 2.51 bits per heavy atom. The highest BCUT2D eigenvalue weighted by Gasteiger charge is 2.42. The second-order valence-electron chi connectivity index (χ2n) is 10.9. The van der Waals surface area contributed by atoms with Gasteiger partial charge in [-0.3, -0.25) is 4.79 Å². The van der Waals surface area contributed by atoms with Crippen LogP contribution in [0.25, 0.3) is 21.3 Å². The summed E-state index contributed by atoms with van der Waals surface area (Å²) < 4.78 is 47.6. The number of benzene rings is 1. The van der Waals surface area contributed by atoms with Crippen molar-refractivity contribution in [3.63, 3.8) is 0 Å². The maximum atomic E-state index is 13.4. The van der Waals surface area contributed by atoms with Crippen molar-refractivity contribution in [2.45, 2.75) is 58.0 Å². The van der Waals surface area contributed by atoms with Crippen LogP contribution < -0.4 is 0 Å². The predicted molar refractivity (Wildman–Crippen MR) is 147 cm³/mol. The zero-order chi connectivity index (χ0) is 28.6. The van der Waals surface area contributed by atoms with Gasteiger partial charge in [0.15, 0.2) is 5.60 Å². The number of thiophene rings is 1. The van der Waals surface area contributed by atoms with Gasteiger partial charge in [0.1, 0.15) is 6.73 Å². The number of ketones is 1. The van der Waals surface area contributed by atoms with Gasteiger partial charge >= 0.3 is 6.18 Å². The van der Waals surface area contributed by atoms with Gasteiger partial charge < -0.3 is 9.84 Å². The van der Waals surface area contributed by atoms with Crippen LogP contribution in [0, 0.1) is 5.92 Å². The van der Waals surface area contributed by atoms with Crippen LogP contribution in [0.15, 0.2) is 48.0 Å². The summed E-state index contributed by atoms with van der Waals surface area (Å²) in [5, 5.41) is 22.3. The molecule has 3 heterocycles. The van der Waals surface area contributed by atoms with Crippen LogP contribution in [0.2, 0.25) is 25.7 Å². The highest BCUT2D eigenvalue weighted by atomic mass is 32.1. The fourth-order valence-electron chi connectivity index (χ4n) is 4.34. The van der Waals surface area contributed by atoms with Gasteiger partial charge in [0.05, 0.1) is 23.1 Å². The van der Waals surface area contributed by atoms with E-state index < -0.39 is 31.2 Å². The van der Waals surface area contributed by atoms with Crippen molar-refractivity contribution in [2.75, 3.05) is 6.61 Å². The maximum Gasteiger partial charge on any atom is 0.454 e. The second kappa shape index (κ2) is 10.9. The zero-order valence-electron chi connectivity index (χ0n) is 22.4. The first-order valence-corrected chi connectivity index (χ1v) is 17.1. The lowest BCUT2D eigenvalue weighted by Gasteiger charge is -2.32. The lowest BCUT2D eigenvalue weighted by atomic mass is 9.83. The first-order chi connectivity index (χ1) is 18.2. The molecule has 4 aromatic rings. The van der Waals surface area contributed by atoms with Crippen molar-refractivity contribution >= 4 is 36.1 Å². The molecule has 208 valence electrons. The van der Waals surface area contributed by atoms with Crippen molar-refractivity contribution < 1.29 is 27.8 Å². The summed E-state index contributed by atoms with van der Waals surface area (Å²) in [7, 11) is -1.29. The Kier molecular flexibility index (Phi) is 8.13. The molecule has 7 nitrogen and oxygen atoms in total. The molecular formula is C27H31F3N4O3SSi. The lowest BCUT2D eigenvalue weighted by Crippen LogP contribution is -2.37. The number of ether oxygens (including phenoxy) is 1. The Hall–Kier alpha value is -2.93. The minimum atomic E-state index is -5.02. The van der Waals surface area contributed by atoms with E-state index in [-0.39, 0.29) is 23.9 Å². The van der Waals surface area contributed by atoms with E-state index in [4.69, 9.17) is 4.74 Å². The molecule has 0 saturated heterocycles. The number of carbonyl (C=O) groups excluding carboxylic acids is 1. The van der Waals surface area contributed by atoms with E-state index in [2.05, 4.69) is 34.9 Å². The van der Waals surface area contributed by atoms with Crippen molar-refractivity contribution in [3.05, 3.63) is 64.9 Å². The van der Waals surface area contributed by atoms with Crippen LogP contribution in [0.4, 0.5) is 13.2 Å². The number of halogens is 3. The van der Waals surface area contributed by atoms with Crippen LogP contribution in [-0.2, 0) is 17.1 Å². The molecule has 0 aliphatic rings. The van der Waals surface area contributed by atoms with E-state index in [0.717, 1.165) is 12.1 Å². The fourth-order valence-corrected chi connectivity index (χ4v) is 5.90. The molecular weight excluding hydrogens is 545 g/mol. The van der Waals surface area contributed by atoms with Gasteiger partial charge in [-0.05, 0) is 41.6 Å². The van der Waals surface area contributed by atoms with Crippen molar-refractivity contribution in [1.29, 1.82) is 0 Å². The molecule has 0 spiro atoms. The first-order valence-electron chi connectivity index (χ1n) is 12.5. The minimum absolute atomic E-state index is 0.105. The van der Waals surface area contributed by atoms with E-state index in [9.17, 15) is 23.1 Å². The van der Waals surface area contributed by atoms with Crippen molar-refractivity contribution in [1.82, 2.24) is 20.0 Å². The van der Waals surface area contributed by atoms with E-state index >= 15 is 0 Å². The van der Waals surface area contributed by atoms with Gasteiger partial charge in [-0.25, -0.2) is 9.67 Å². The number of hydrogen-bond acceptors (Lipinski definition) is 7. The molecule has 0 radical (unpaired) electrons. The Morgan fingerprint density at radius 1 is 1.15 bits per heavy atom. The van der Waals surface area contributed by atoms with Gasteiger partial charge in [0.25, 0.3) is 5.78 Å². The molecule has 0 fully saturated rings. The Labute approximate surface area is 229 Å². The van der Waals surface area contributed by atoms with Crippen LogP contribution in [0.1, 0.15) is 35.6 Å². The number of fused-ring (bicyclic) bond motifs is 1. The maximum absolute atomic E-state index is 13.4. The molecule has 12 heteroatoms. The molecule has 1 aromatic carbocycles. The Morgan fingerprint density at radius 2 is 1.90 bits per heavy atom. The van der Waals surface area contributed by atoms with Crippen LogP contribution in [0.3, 0.4) is 0 Å². The highest BCUT2D eigenvalue weighted by molar-refractivity contribution is 7.13. The zero-order valence-corrected chi connectivity index (χ0v) is 24.2. The third kappa shape index (κ3) is 5.98. The predicted octanol–water partition coefficient (Wildman–Crippen LogP) is 6.50.